The summed E-state index contributed by atoms with van der Waals surface area (Å²) in [4.78, 5) is 26.1. The van der Waals surface area contributed by atoms with E-state index in [4.69, 9.17) is 5.73 Å². The number of thiophene rings is 1. The lowest BCUT2D eigenvalue weighted by molar-refractivity contribution is -0.117. The van der Waals surface area contributed by atoms with E-state index in [1.54, 1.807) is 6.07 Å². The van der Waals surface area contributed by atoms with Crippen LogP contribution in [0.15, 0.2) is 71.1 Å². The van der Waals surface area contributed by atoms with E-state index < -0.39 is 0 Å². The molecule has 4 N–H and O–H groups in total. The summed E-state index contributed by atoms with van der Waals surface area (Å²) in [5, 5.41) is 13.4. The quantitative estimate of drug-likeness (QED) is 0.367. The van der Waals surface area contributed by atoms with Crippen molar-refractivity contribution in [3.05, 3.63) is 76.5 Å². The van der Waals surface area contributed by atoms with Crippen molar-refractivity contribution in [2.24, 2.45) is 5.73 Å². The predicted molar refractivity (Wildman–Crippen MR) is 122 cm³/mol. The Morgan fingerprint density at radius 1 is 1.13 bits per heavy atom. The van der Waals surface area contributed by atoms with Crippen molar-refractivity contribution in [2.45, 2.75) is 17.4 Å². The number of hydrogen-bond acceptors (Lipinski definition) is 6. The molecule has 0 aliphatic rings. The van der Waals surface area contributed by atoms with Crippen LogP contribution in [0.3, 0.4) is 0 Å². The van der Waals surface area contributed by atoms with Crippen LogP contribution in [0.1, 0.15) is 27.6 Å². The molecule has 0 saturated heterocycles. The van der Waals surface area contributed by atoms with Gasteiger partial charge in [-0.15, -0.1) is 11.3 Å². The maximum Gasteiger partial charge on any atom is 0.235 e. The van der Waals surface area contributed by atoms with Crippen LogP contribution in [-0.4, -0.2) is 27.8 Å². The largest absolute Gasteiger partial charge is 0.330 e. The number of fused-ring (bicyclic) bond motifs is 1. The van der Waals surface area contributed by atoms with Crippen LogP contribution in [-0.2, 0) is 4.79 Å². The Labute approximate surface area is 181 Å². The molecule has 1 atom stereocenters. The monoisotopic (exact) mass is 436 g/mol. The molecule has 2 aromatic heterocycles. The topological polar surface area (TPSA) is 101 Å². The summed E-state index contributed by atoms with van der Waals surface area (Å²) in [5.41, 5.74) is 8.12. The second-order valence-corrected chi connectivity index (χ2v) is 8.60. The average Bonchev–Trinajstić information content (AvgIpc) is 3.43. The number of amides is 1. The number of carbonyl (C=O) groups excluding carboxylic acids is 2. The van der Waals surface area contributed by atoms with E-state index in [-0.39, 0.29) is 16.9 Å². The zero-order valence-electron chi connectivity index (χ0n) is 16.0. The van der Waals surface area contributed by atoms with Gasteiger partial charge in [0, 0.05) is 11.1 Å². The molecule has 2 aromatic carbocycles. The molecule has 0 saturated carbocycles. The van der Waals surface area contributed by atoms with Crippen molar-refractivity contribution in [1.82, 2.24) is 10.2 Å². The minimum absolute atomic E-state index is 0.0556. The van der Waals surface area contributed by atoms with Crippen LogP contribution in [0, 0.1) is 0 Å². The Morgan fingerprint density at radius 2 is 1.97 bits per heavy atom. The van der Waals surface area contributed by atoms with Crippen molar-refractivity contribution < 1.29 is 9.59 Å². The smallest absolute Gasteiger partial charge is 0.235 e. The predicted octanol–water partition coefficient (Wildman–Crippen LogP) is 4.63. The number of thioether (sulfide) groups is 1. The molecule has 0 bridgehead atoms. The lowest BCUT2D eigenvalue weighted by Crippen LogP contribution is -2.23. The number of rotatable bonds is 7. The summed E-state index contributed by atoms with van der Waals surface area (Å²) in [7, 11) is 0. The molecule has 6 nitrogen and oxygen atoms in total. The first-order chi connectivity index (χ1) is 14.7. The summed E-state index contributed by atoms with van der Waals surface area (Å²) >= 11 is 2.48. The number of hydrogen-bond donors (Lipinski definition) is 3. The van der Waals surface area contributed by atoms with Gasteiger partial charge in [0.15, 0.2) is 0 Å². The van der Waals surface area contributed by atoms with Gasteiger partial charge in [0.1, 0.15) is 5.03 Å². The fourth-order valence-electron chi connectivity index (χ4n) is 3.21. The highest BCUT2D eigenvalue weighted by Crippen LogP contribution is 2.31. The zero-order chi connectivity index (χ0) is 20.9. The molecule has 1 unspecified atom stereocenters. The summed E-state index contributed by atoms with van der Waals surface area (Å²) in [6.45, 7) is 0.416. The van der Waals surface area contributed by atoms with Gasteiger partial charge in [-0.1, -0.05) is 36.4 Å². The molecule has 30 heavy (non-hydrogen) atoms. The van der Waals surface area contributed by atoms with E-state index in [1.165, 1.54) is 11.3 Å². The Balaban J connectivity index is 1.55. The molecule has 2 heterocycles. The van der Waals surface area contributed by atoms with E-state index in [0.29, 0.717) is 28.6 Å². The van der Waals surface area contributed by atoms with Crippen molar-refractivity contribution in [3.8, 4) is 0 Å². The van der Waals surface area contributed by atoms with Gasteiger partial charge in [-0.05, 0) is 59.9 Å². The SMILES string of the molecule is NCCC(C(=O)Nc1ccc2[nH]nc(SC(=O)c3cccs3)c2c1)c1ccccc1. The van der Waals surface area contributed by atoms with Crippen molar-refractivity contribution in [2.75, 3.05) is 11.9 Å². The van der Waals surface area contributed by atoms with E-state index in [9.17, 15) is 9.59 Å². The van der Waals surface area contributed by atoms with Crippen LogP contribution in [0.4, 0.5) is 5.69 Å². The van der Waals surface area contributed by atoms with E-state index in [1.807, 2.05) is 60.0 Å². The molecule has 1 amide bonds. The van der Waals surface area contributed by atoms with Gasteiger partial charge in [0.05, 0.1) is 16.3 Å². The first-order valence-corrected chi connectivity index (χ1v) is 11.1. The summed E-state index contributed by atoms with van der Waals surface area (Å²) in [6, 6.07) is 18.8. The number of aromatic amines is 1. The highest BCUT2D eigenvalue weighted by atomic mass is 32.2. The van der Waals surface area contributed by atoms with E-state index >= 15 is 0 Å². The fraction of sp³-hybridized carbons (Fsp3) is 0.136. The third kappa shape index (κ3) is 4.46. The zero-order valence-corrected chi connectivity index (χ0v) is 17.6. The molecule has 0 aliphatic carbocycles. The van der Waals surface area contributed by atoms with Crippen LogP contribution < -0.4 is 11.1 Å². The first kappa shape index (κ1) is 20.3. The van der Waals surface area contributed by atoms with Gasteiger partial charge < -0.3 is 11.1 Å². The van der Waals surface area contributed by atoms with Crippen LogP contribution in [0.5, 0.6) is 0 Å². The molecule has 8 heteroatoms. The number of nitrogens with two attached hydrogens (primary N) is 1. The van der Waals surface area contributed by atoms with E-state index in [2.05, 4.69) is 15.5 Å². The van der Waals surface area contributed by atoms with Gasteiger partial charge in [-0.25, -0.2) is 0 Å². The summed E-state index contributed by atoms with van der Waals surface area (Å²) in [5.74, 6) is -0.441. The minimum Gasteiger partial charge on any atom is -0.330 e. The van der Waals surface area contributed by atoms with Crippen LogP contribution in [0.2, 0.25) is 0 Å². The van der Waals surface area contributed by atoms with Crippen molar-refractivity contribution >= 4 is 50.7 Å². The highest BCUT2D eigenvalue weighted by Gasteiger charge is 2.20. The molecule has 152 valence electrons. The van der Waals surface area contributed by atoms with Crippen LogP contribution in [0.25, 0.3) is 10.9 Å². The first-order valence-electron chi connectivity index (χ1n) is 9.45. The molecule has 0 aliphatic heterocycles. The molecule has 0 spiro atoms. The van der Waals surface area contributed by atoms with Gasteiger partial charge >= 0.3 is 0 Å². The Kier molecular flexibility index (Phi) is 6.27. The molecular weight excluding hydrogens is 416 g/mol. The lowest BCUT2D eigenvalue weighted by atomic mass is 9.95. The second-order valence-electron chi connectivity index (χ2n) is 6.69. The number of H-pyrrole nitrogens is 1. The molecule has 4 aromatic rings. The van der Waals surface area contributed by atoms with Gasteiger partial charge in [-0.3, -0.25) is 14.7 Å². The molecule has 0 fully saturated rings. The Bertz CT molecular complexity index is 1160. The van der Waals surface area contributed by atoms with Gasteiger partial charge in [0.2, 0.25) is 11.0 Å². The summed E-state index contributed by atoms with van der Waals surface area (Å²) < 4.78 is 0. The second kappa shape index (κ2) is 9.25. The number of carbonyl (C=O) groups is 2. The number of anilines is 1. The maximum absolute atomic E-state index is 12.9. The number of aromatic nitrogens is 2. The third-order valence-electron chi connectivity index (χ3n) is 4.68. The van der Waals surface area contributed by atoms with Crippen molar-refractivity contribution in [1.29, 1.82) is 0 Å². The lowest BCUT2D eigenvalue weighted by Gasteiger charge is -2.16. The van der Waals surface area contributed by atoms with Crippen molar-refractivity contribution in [3.63, 3.8) is 0 Å². The number of nitrogens with zero attached hydrogens (tertiary/aromatic N) is 1. The van der Waals surface area contributed by atoms with Crippen LogP contribution >= 0.6 is 23.1 Å². The minimum atomic E-state index is -0.328. The highest BCUT2D eigenvalue weighted by molar-refractivity contribution is 8.14. The molecular formula is C22H20N4O2S2. The fourth-order valence-corrected chi connectivity index (χ4v) is 4.75. The number of benzene rings is 2. The molecule has 0 radical (unpaired) electrons. The van der Waals surface area contributed by atoms with Gasteiger partial charge in [-0.2, -0.15) is 5.10 Å². The molecule has 4 rings (SSSR count). The Morgan fingerprint density at radius 3 is 2.70 bits per heavy atom. The average molecular weight is 437 g/mol. The number of nitrogens with one attached hydrogen (secondary N) is 2. The Hall–Kier alpha value is -2.94. The normalized spacial score (nSPS) is 12.0. The standard InChI is InChI=1S/C22H20N4O2S2/c23-11-10-16(14-5-2-1-3-6-14)20(27)24-15-8-9-18-17(13-15)21(26-25-18)30-22(28)19-7-4-12-29-19/h1-9,12-13,16H,10-11,23H2,(H,24,27)(H,25,26). The summed E-state index contributed by atoms with van der Waals surface area (Å²) in [6.07, 6.45) is 0.556. The maximum atomic E-state index is 12.9. The van der Waals surface area contributed by atoms with E-state index in [0.717, 1.165) is 28.2 Å². The third-order valence-corrected chi connectivity index (χ3v) is 6.59. The van der Waals surface area contributed by atoms with Gasteiger partial charge in [0.25, 0.3) is 0 Å².